The number of anilines is 1. The van der Waals surface area contributed by atoms with Crippen molar-refractivity contribution in [3.05, 3.63) is 45.9 Å². The van der Waals surface area contributed by atoms with Gasteiger partial charge in [0, 0.05) is 24.3 Å². The van der Waals surface area contributed by atoms with Crippen molar-refractivity contribution in [2.45, 2.75) is 32.8 Å². The topological polar surface area (TPSA) is 71.5 Å². The van der Waals surface area contributed by atoms with Crippen LogP contribution in [0.25, 0.3) is 0 Å². The summed E-state index contributed by atoms with van der Waals surface area (Å²) in [4.78, 5) is 16.5. The lowest BCUT2D eigenvalue weighted by Gasteiger charge is -2.07. The normalized spacial score (nSPS) is 12.1. The van der Waals surface area contributed by atoms with Crippen molar-refractivity contribution in [1.82, 2.24) is 4.98 Å². The van der Waals surface area contributed by atoms with E-state index in [0.29, 0.717) is 13.0 Å². The number of aliphatic hydroxyl groups excluding tert-OH is 1. The third-order valence-corrected chi connectivity index (χ3v) is 4.37. The van der Waals surface area contributed by atoms with E-state index in [4.69, 9.17) is 9.84 Å². The first-order chi connectivity index (χ1) is 11.1. The molecule has 2 N–H and O–H groups in total. The minimum absolute atomic E-state index is 0.0409. The van der Waals surface area contributed by atoms with Gasteiger partial charge in [0.15, 0.2) is 0 Å². The first-order valence-electron chi connectivity index (χ1n) is 7.68. The molecule has 2 aromatic rings. The summed E-state index contributed by atoms with van der Waals surface area (Å²) in [6, 6.07) is 7.48. The van der Waals surface area contributed by atoms with E-state index in [2.05, 4.69) is 10.3 Å². The maximum absolute atomic E-state index is 12.1. The molecule has 0 bridgehead atoms. The van der Waals surface area contributed by atoms with Crippen LogP contribution in [0.15, 0.2) is 29.6 Å². The van der Waals surface area contributed by atoms with Crippen LogP contribution in [0.5, 0.6) is 0 Å². The molecule has 1 heterocycles. The summed E-state index contributed by atoms with van der Waals surface area (Å²) < 4.78 is 5.50. The molecule has 2 rings (SSSR count). The third kappa shape index (κ3) is 5.42. The number of nitrogens with zero attached hydrogens (tertiary/aromatic N) is 1. The number of hydrogen-bond acceptors (Lipinski definition) is 5. The molecular formula is C17H22N2O3S. The molecule has 23 heavy (non-hydrogen) atoms. The number of hydrogen-bond donors (Lipinski definition) is 2. The van der Waals surface area contributed by atoms with E-state index in [-0.39, 0.29) is 25.0 Å². The summed E-state index contributed by atoms with van der Waals surface area (Å²) in [5.74, 6) is -0.0965. The molecule has 0 spiro atoms. The highest BCUT2D eigenvalue weighted by Crippen LogP contribution is 2.21. The monoisotopic (exact) mass is 334 g/mol. The zero-order valence-electron chi connectivity index (χ0n) is 13.4. The number of benzene rings is 1. The van der Waals surface area contributed by atoms with Crippen LogP contribution < -0.4 is 5.32 Å². The average molecular weight is 334 g/mol. The highest BCUT2D eigenvalue weighted by Gasteiger charge is 2.12. The van der Waals surface area contributed by atoms with Crippen LogP contribution in [0.1, 0.15) is 36.2 Å². The molecule has 1 aromatic heterocycles. The van der Waals surface area contributed by atoms with Crippen LogP contribution in [-0.2, 0) is 22.4 Å². The Morgan fingerprint density at radius 3 is 2.78 bits per heavy atom. The van der Waals surface area contributed by atoms with Crippen molar-refractivity contribution < 1.29 is 14.6 Å². The maximum atomic E-state index is 12.1. The molecular weight excluding hydrogens is 312 g/mol. The fourth-order valence-corrected chi connectivity index (χ4v) is 2.99. The summed E-state index contributed by atoms with van der Waals surface area (Å²) in [5, 5.41) is 14.5. The van der Waals surface area contributed by atoms with Gasteiger partial charge in [0.25, 0.3) is 0 Å². The van der Waals surface area contributed by atoms with Crippen molar-refractivity contribution in [3.63, 3.8) is 0 Å². The van der Waals surface area contributed by atoms with Crippen LogP contribution in [-0.4, -0.2) is 29.2 Å². The molecule has 6 heteroatoms. The van der Waals surface area contributed by atoms with Gasteiger partial charge in [-0.2, -0.15) is 0 Å². The summed E-state index contributed by atoms with van der Waals surface area (Å²) in [6.07, 6.45) is 0.822. The zero-order chi connectivity index (χ0) is 16.7. The fourth-order valence-electron chi connectivity index (χ4n) is 2.17. The molecule has 0 fully saturated rings. The van der Waals surface area contributed by atoms with Gasteiger partial charge in [-0.05, 0) is 38.0 Å². The van der Waals surface area contributed by atoms with Crippen molar-refractivity contribution in [1.29, 1.82) is 0 Å². The second-order valence-corrected chi connectivity index (χ2v) is 6.06. The van der Waals surface area contributed by atoms with Gasteiger partial charge in [-0.1, -0.05) is 12.1 Å². The van der Waals surface area contributed by atoms with Gasteiger partial charge in [0.05, 0.1) is 12.1 Å². The van der Waals surface area contributed by atoms with Gasteiger partial charge in [0.2, 0.25) is 5.91 Å². The summed E-state index contributed by atoms with van der Waals surface area (Å²) >= 11 is 1.51. The van der Waals surface area contributed by atoms with E-state index in [9.17, 15) is 4.79 Å². The molecule has 0 saturated heterocycles. The lowest BCUT2D eigenvalue weighted by atomic mass is 10.1. The van der Waals surface area contributed by atoms with Crippen LogP contribution in [0, 0.1) is 0 Å². The molecule has 0 aliphatic heterocycles. The van der Waals surface area contributed by atoms with Gasteiger partial charge >= 0.3 is 0 Å². The fraction of sp³-hybridized carbons (Fsp3) is 0.412. The predicted octanol–water partition coefficient (Wildman–Crippen LogP) is 2.96. The van der Waals surface area contributed by atoms with Crippen LogP contribution >= 0.6 is 11.3 Å². The third-order valence-electron chi connectivity index (χ3n) is 3.31. The van der Waals surface area contributed by atoms with Gasteiger partial charge in [-0.15, -0.1) is 11.3 Å². The minimum Gasteiger partial charge on any atom is -0.396 e. The number of nitrogens with one attached hydrogen (secondary N) is 1. The number of thiazole rings is 1. The first kappa shape index (κ1) is 17.6. The molecule has 0 radical (unpaired) electrons. The molecule has 5 nitrogen and oxygen atoms in total. The van der Waals surface area contributed by atoms with Crippen molar-refractivity contribution >= 4 is 22.9 Å². The molecule has 0 saturated carbocycles. The summed E-state index contributed by atoms with van der Waals surface area (Å²) in [6.45, 7) is 4.67. The highest BCUT2D eigenvalue weighted by atomic mass is 32.1. The van der Waals surface area contributed by atoms with E-state index in [1.165, 1.54) is 11.3 Å². The molecule has 1 aromatic carbocycles. The standard InChI is InChI=1S/C17H22N2O3S/c1-3-22-12(2)17-19-15(11-23-17)10-16(21)18-14-6-4-13(5-7-14)8-9-20/h4-7,11-12,20H,3,8-10H2,1-2H3,(H,18,21). The van der Waals surface area contributed by atoms with Gasteiger partial charge in [0.1, 0.15) is 11.1 Å². The smallest absolute Gasteiger partial charge is 0.230 e. The van der Waals surface area contributed by atoms with Crippen molar-refractivity contribution in [2.24, 2.45) is 0 Å². The van der Waals surface area contributed by atoms with Crippen LogP contribution in [0.2, 0.25) is 0 Å². The van der Waals surface area contributed by atoms with E-state index >= 15 is 0 Å². The molecule has 1 atom stereocenters. The molecule has 124 valence electrons. The van der Waals surface area contributed by atoms with Gasteiger partial charge in [-0.25, -0.2) is 4.98 Å². The number of amides is 1. The van der Waals surface area contributed by atoms with Crippen LogP contribution in [0.4, 0.5) is 5.69 Å². The van der Waals surface area contributed by atoms with E-state index < -0.39 is 0 Å². The molecule has 1 amide bonds. The SMILES string of the molecule is CCOC(C)c1nc(CC(=O)Nc2ccc(CCO)cc2)cs1. The number of ether oxygens (including phenoxy) is 1. The molecule has 1 unspecified atom stereocenters. The van der Waals surface area contributed by atoms with Crippen LogP contribution in [0.3, 0.4) is 0 Å². The minimum atomic E-state index is -0.0965. The Balaban J connectivity index is 1.89. The van der Waals surface area contributed by atoms with Crippen molar-refractivity contribution in [3.8, 4) is 0 Å². The Bertz CT molecular complexity index is 625. The number of carbonyl (C=O) groups is 1. The summed E-state index contributed by atoms with van der Waals surface area (Å²) in [7, 11) is 0. The van der Waals surface area contributed by atoms with Crippen molar-refractivity contribution in [2.75, 3.05) is 18.5 Å². The number of aromatic nitrogens is 1. The highest BCUT2D eigenvalue weighted by molar-refractivity contribution is 7.09. The predicted molar refractivity (Wildman–Crippen MR) is 91.7 cm³/mol. The zero-order valence-corrected chi connectivity index (χ0v) is 14.2. The Labute approximate surface area is 140 Å². The number of aliphatic hydroxyl groups is 1. The lowest BCUT2D eigenvalue weighted by molar-refractivity contribution is -0.115. The Kier molecular flexibility index (Phi) is 6.70. The molecule has 0 aliphatic rings. The largest absolute Gasteiger partial charge is 0.396 e. The van der Waals surface area contributed by atoms with Gasteiger partial charge < -0.3 is 15.2 Å². The second kappa shape index (κ2) is 8.76. The second-order valence-electron chi connectivity index (χ2n) is 5.17. The summed E-state index contributed by atoms with van der Waals surface area (Å²) in [5.41, 5.74) is 2.54. The Hall–Kier alpha value is -1.76. The Morgan fingerprint density at radius 1 is 1.39 bits per heavy atom. The van der Waals surface area contributed by atoms with E-state index in [1.807, 2.05) is 43.5 Å². The quantitative estimate of drug-likeness (QED) is 0.778. The number of rotatable bonds is 8. The molecule has 0 aliphatic carbocycles. The number of carbonyl (C=O) groups excluding carboxylic acids is 1. The van der Waals surface area contributed by atoms with E-state index in [1.54, 1.807) is 0 Å². The Morgan fingerprint density at radius 2 is 2.13 bits per heavy atom. The maximum Gasteiger partial charge on any atom is 0.230 e. The van der Waals surface area contributed by atoms with Gasteiger partial charge in [-0.3, -0.25) is 4.79 Å². The first-order valence-corrected chi connectivity index (χ1v) is 8.56. The average Bonchev–Trinajstić information content (AvgIpc) is 2.98. The van der Waals surface area contributed by atoms with E-state index in [0.717, 1.165) is 22.0 Å². The lowest BCUT2D eigenvalue weighted by Crippen LogP contribution is -2.14.